The lowest BCUT2D eigenvalue weighted by Crippen LogP contribution is -2.19. The smallest absolute Gasteiger partial charge is 0.226 e. The molecule has 0 saturated heterocycles. The van der Waals surface area contributed by atoms with Crippen LogP contribution in [0.3, 0.4) is 0 Å². The molecule has 3 rings (SSSR count). The van der Waals surface area contributed by atoms with Crippen LogP contribution in [0.1, 0.15) is 17.4 Å². The van der Waals surface area contributed by atoms with Crippen LogP contribution >= 0.6 is 0 Å². The average molecular weight is 325 g/mol. The molecule has 0 spiro atoms. The highest BCUT2D eigenvalue weighted by molar-refractivity contribution is 5.44. The summed E-state index contributed by atoms with van der Waals surface area (Å²) >= 11 is 0. The van der Waals surface area contributed by atoms with Gasteiger partial charge in [-0.15, -0.1) is 0 Å². The van der Waals surface area contributed by atoms with Crippen molar-refractivity contribution in [2.45, 2.75) is 6.04 Å². The SMILES string of the molecule is COc1ccnc(N[C@H](c2ccccc2OC)c2nccn2C)n1. The van der Waals surface area contributed by atoms with E-state index in [1.165, 1.54) is 0 Å². The molecule has 7 nitrogen and oxygen atoms in total. The number of methoxy groups -OCH3 is 2. The number of imidazole rings is 1. The van der Waals surface area contributed by atoms with E-state index in [0.717, 1.165) is 17.1 Å². The highest BCUT2D eigenvalue weighted by atomic mass is 16.5. The van der Waals surface area contributed by atoms with Gasteiger partial charge in [0.05, 0.1) is 14.2 Å². The van der Waals surface area contributed by atoms with Crippen molar-refractivity contribution in [2.75, 3.05) is 19.5 Å². The molecule has 3 aromatic rings. The number of hydrogen-bond donors (Lipinski definition) is 1. The van der Waals surface area contributed by atoms with Crippen molar-refractivity contribution in [1.29, 1.82) is 0 Å². The van der Waals surface area contributed by atoms with Crippen molar-refractivity contribution in [3.63, 3.8) is 0 Å². The highest BCUT2D eigenvalue weighted by Gasteiger charge is 2.22. The molecule has 1 aromatic carbocycles. The topological polar surface area (TPSA) is 74.1 Å². The number of ether oxygens (including phenoxy) is 2. The lowest BCUT2D eigenvalue weighted by Gasteiger charge is -2.21. The zero-order valence-corrected chi connectivity index (χ0v) is 13.8. The Bertz CT molecular complexity index is 818. The molecule has 0 aliphatic heterocycles. The van der Waals surface area contributed by atoms with Crippen molar-refractivity contribution in [1.82, 2.24) is 19.5 Å². The van der Waals surface area contributed by atoms with Gasteiger partial charge in [0.25, 0.3) is 0 Å². The first-order valence-corrected chi connectivity index (χ1v) is 7.46. The number of aryl methyl sites for hydroxylation is 1. The first kappa shape index (κ1) is 15.8. The molecule has 1 N–H and O–H groups in total. The lowest BCUT2D eigenvalue weighted by atomic mass is 10.0. The summed E-state index contributed by atoms with van der Waals surface area (Å²) in [6.45, 7) is 0. The summed E-state index contributed by atoms with van der Waals surface area (Å²) in [6.07, 6.45) is 5.30. The number of nitrogens with one attached hydrogen (secondary N) is 1. The molecule has 2 heterocycles. The van der Waals surface area contributed by atoms with Crippen molar-refractivity contribution in [3.8, 4) is 11.6 Å². The maximum Gasteiger partial charge on any atom is 0.226 e. The molecule has 7 heteroatoms. The van der Waals surface area contributed by atoms with Crippen LogP contribution < -0.4 is 14.8 Å². The van der Waals surface area contributed by atoms with Crippen LogP contribution in [-0.4, -0.2) is 33.7 Å². The Balaban J connectivity index is 2.04. The van der Waals surface area contributed by atoms with E-state index in [-0.39, 0.29) is 6.04 Å². The van der Waals surface area contributed by atoms with Crippen molar-refractivity contribution in [2.24, 2.45) is 7.05 Å². The van der Waals surface area contributed by atoms with Crippen LogP contribution in [0, 0.1) is 0 Å². The van der Waals surface area contributed by atoms with Gasteiger partial charge in [-0.25, -0.2) is 9.97 Å². The number of rotatable bonds is 6. The number of para-hydroxylation sites is 1. The van der Waals surface area contributed by atoms with Gasteiger partial charge < -0.3 is 19.4 Å². The van der Waals surface area contributed by atoms with E-state index < -0.39 is 0 Å². The van der Waals surface area contributed by atoms with Crippen LogP contribution in [0.25, 0.3) is 0 Å². The fourth-order valence-corrected chi connectivity index (χ4v) is 2.50. The van der Waals surface area contributed by atoms with Crippen molar-refractivity contribution in [3.05, 3.63) is 60.3 Å². The minimum Gasteiger partial charge on any atom is -0.496 e. The molecule has 0 saturated carbocycles. The fraction of sp³-hybridized carbons (Fsp3) is 0.235. The zero-order chi connectivity index (χ0) is 16.9. The van der Waals surface area contributed by atoms with E-state index in [2.05, 4.69) is 20.3 Å². The molecular weight excluding hydrogens is 306 g/mol. The standard InChI is InChI=1S/C17H19N5O2/c1-22-11-10-18-16(22)15(12-6-4-5-7-13(12)23-2)21-17-19-9-8-14(20-17)24-3/h4-11,15H,1-3H3,(H,19,20,21)/t15-/m1/s1. The minimum atomic E-state index is -0.270. The van der Waals surface area contributed by atoms with Crippen LogP contribution in [0.4, 0.5) is 5.95 Å². The van der Waals surface area contributed by atoms with Crippen LogP contribution in [0.2, 0.25) is 0 Å². The Hall–Kier alpha value is -3.09. The lowest BCUT2D eigenvalue weighted by molar-refractivity contribution is 0.397. The van der Waals surface area contributed by atoms with E-state index in [0.29, 0.717) is 11.8 Å². The second-order valence-electron chi connectivity index (χ2n) is 5.14. The van der Waals surface area contributed by atoms with Gasteiger partial charge in [-0.2, -0.15) is 4.98 Å². The first-order valence-electron chi connectivity index (χ1n) is 7.46. The summed E-state index contributed by atoms with van der Waals surface area (Å²) in [5.41, 5.74) is 0.945. The molecular formula is C17H19N5O2. The normalized spacial score (nSPS) is 11.8. The zero-order valence-electron chi connectivity index (χ0n) is 13.8. The molecule has 2 aromatic heterocycles. The Labute approximate surface area is 140 Å². The van der Waals surface area contributed by atoms with Gasteiger partial charge in [-0.05, 0) is 6.07 Å². The van der Waals surface area contributed by atoms with Gasteiger partial charge in [0.15, 0.2) is 0 Å². The van der Waals surface area contributed by atoms with E-state index in [1.54, 1.807) is 32.7 Å². The van der Waals surface area contributed by atoms with Crippen LogP contribution in [0.15, 0.2) is 48.9 Å². The fourth-order valence-electron chi connectivity index (χ4n) is 2.50. The second kappa shape index (κ2) is 6.99. The minimum absolute atomic E-state index is 0.270. The van der Waals surface area contributed by atoms with Gasteiger partial charge in [-0.1, -0.05) is 18.2 Å². The Morgan fingerprint density at radius 3 is 2.58 bits per heavy atom. The van der Waals surface area contributed by atoms with Crippen LogP contribution in [0.5, 0.6) is 11.6 Å². The predicted octanol–water partition coefficient (Wildman–Crippen LogP) is 2.43. The van der Waals surface area contributed by atoms with Gasteiger partial charge in [0.1, 0.15) is 17.6 Å². The maximum atomic E-state index is 5.50. The molecule has 0 aliphatic carbocycles. The number of anilines is 1. The first-order chi connectivity index (χ1) is 11.7. The van der Waals surface area contributed by atoms with Crippen molar-refractivity contribution < 1.29 is 9.47 Å². The van der Waals surface area contributed by atoms with Gasteiger partial charge in [-0.3, -0.25) is 0 Å². The molecule has 0 radical (unpaired) electrons. The molecule has 0 bridgehead atoms. The number of hydrogen-bond acceptors (Lipinski definition) is 6. The third-order valence-corrected chi connectivity index (χ3v) is 3.68. The van der Waals surface area contributed by atoms with E-state index in [9.17, 15) is 0 Å². The summed E-state index contributed by atoms with van der Waals surface area (Å²) in [5, 5.41) is 3.32. The molecule has 124 valence electrons. The van der Waals surface area contributed by atoms with Gasteiger partial charge >= 0.3 is 0 Å². The average Bonchev–Trinajstić information content (AvgIpc) is 3.05. The molecule has 0 aliphatic rings. The second-order valence-corrected chi connectivity index (χ2v) is 5.14. The molecule has 24 heavy (non-hydrogen) atoms. The summed E-state index contributed by atoms with van der Waals surface area (Å²) in [4.78, 5) is 13.1. The monoisotopic (exact) mass is 325 g/mol. The molecule has 0 fully saturated rings. The molecule has 0 unspecified atom stereocenters. The summed E-state index contributed by atoms with van der Waals surface area (Å²) in [5.74, 6) is 2.53. The van der Waals surface area contributed by atoms with E-state index in [4.69, 9.17) is 9.47 Å². The molecule has 0 amide bonds. The van der Waals surface area contributed by atoms with Gasteiger partial charge in [0.2, 0.25) is 11.8 Å². The Morgan fingerprint density at radius 2 is 1.88 bits per heavy atom. The predicted molar refractivity (Wildman–Crippen MR) is 90.3 cm³/mol. The largest absolute Gasteiger partial charge is 0.496 e. The Kier molecular flexibility index (Phi) is 4.60. The third kappa shape index (κ3) is 3.15. The summed E-state index contributed by atoms with van der Waals surface area (Å²) < 4.78 is 12.6. The van der Waals surface area contributed by atoms with Crippen molar-refractivity contribution >= 4 is 5.95 Å². The highest BCUT2D eigenvalue weighted by Crippen LogP contribution is 2.31. The summed E-state index contributed by atoms with van der Waals surface area (Å²) in [7, 11) is 5.16. The maximum absolute atomic E-state index is 5.50. The number of aromatic nitrogens is 4. The number of nitrogens with zero attached hydrogens (tertiary/aromatic N) is 4. The quantitative estimate of drug-likeness (QED) is 0.750. The number of benzene rings is 1. The van der Waals surface area contributed by atoms with Crippen LogP contribution in [-0.2, 0) is 7.05 Å². The van der Waals surface area contributed by atoms with E-state index in [1.807, 2.05) is 42.1 Å². The molecule has 1 atom stereocenters. The van der Waals surface area contributed by atoms with Gasteiger partial charge in [0, 0.05) is 37.3 Å². The van der Waals surface area contributed by atoms with E-state index >= 15 is 0 Å². The summed E-state index contributed by atoms with van der Waals surface area (Å²) in [6, 6.07) is 9.23. The third-order valence-electron chi connectivity index (χ3n) is 3.68. The Morgan fingerprint density at radius 1 is 1.04 bits per heavy atom.